The van der Waals surface area contributed by atoms with Crippen molar-refractivity contribution >= 4 is 5.91 Å². The third kappa shape index (κ3) is 1.90. The number of pyridine rings is 1. The van der Waals surface area contributed by atoms with E-state index in [0.717, 1.165) is 25.1 Å². The average molecular weight is 246 g/mol. The van der Waals surface area contributed by atoms with Crippen LogP contribution in [0.3, 0.4) is 0 Å². The van der Waals surface area contributed by atoms with E-state index >= 15 is 0 Å². The number of nitrogens with zero attached hydrogens (tertiary/aromatic N) is 2. The van der Waals surface area contributed by atoms with Gasteiger partial charge in [0.15, 0.2) is 0 Å². The molecule has 1 aliphatic carbocycles. The highest BCUT2D eigenvalue weighted by Gasteiger charge is 2.43. The molecule has 0 aromatic carbocycles. The third-order valence-electron chi connectivity index (χ3n) is 4.26. The van der Waals surface area contributed by atoms with Crippen molar-refractivity contribution in [1.82, 2.24) is 9.88 Å². The fourth-order valence-corrected chi connectivity index (χ4v) is 3.18. The lowest BCUT2D eigenvalue weighted by Gasteiger charge is -2.18. The molecule has 1 amide bonds. The topological polar surface area (TPSA) is 53.4 Å². The van der Waals surface area contributed by atoms with Crippen molar-refractivity contribution in [3.05, 3.63) is 29.6 Å². The van der Waals surface area contributed by atoms with Crippen molar-refractivity contribution < 1.29 is 9.90 Å². The number of aryl methyl sites for hydroxylation is 1. The van der Waals surface area contributed by atoms with Crippen molar-refractivity contribution in [1.29, 1.82) is 0 Å². The first-order valence-corrected chi connectivity index (χ1v) is 6.55. The number of carbonyl (C=O) groups excluding carboxylic acids is 1. The second-order valence-electron chi connectivity index (χ2n) is 5.47. The van der Waals surface area contributed by atoms with E-state index < -0.39 is 0 Å². The average Bonchev–Trinajstić information content (AvgIpc) is 2.92. The van der Waals surface area contributed by atoms with Gasteiger partial charge in [-0.3, -0.25) is 9.78 Å². The summed E-state index contributed by atoms with van der Waals surface area (Å²) in [5, 5.41) is 9.86. The molecule has 0 spiro atoms. The van der Waals surface area contributed by atoms with Gasteiger partial charge in [0.25, 0.3) is 5.91 Å². The molecule has 96 valence electrons. The molecule has 4 nitrogen and oxygen atoms in total. The largest absolute Gasteiger partial charge is 0.393 e. The number of aliphatic hydroxyl groups is 1. The molecule has 1 aliphatic heterocycles. The van der Waals surface area contributed by atoms with Crippen LogP contribution in [0.5, 0.6) is 0 Å². The lowest BCUT2D eigenvalue weighted by Crippen LogP contribution is -2.31. The Balaban J connectivity index is 1.73. The summed E-state index contributed by atoms with van der Waals surface area (Å²) in [5.74, 6) is 0.818. The lowest BCUT2D eigenvalue weighted by molar-refractivity contribution is 0.0752. The summed E-state index contributed by atoms with van der Waals surface area (Å²) in [5.41, 5.74) is 1.57. The highest BCUT2D eigenvalue weighted by molar-refractivity contribution is 5.94. The highest BCUT2D eigenvalue weighted by Crippen LogP contribution is 2.38. The third-order valence-corrected chi connectivity index (χ3v) is 4.26. The first kappa shape index (κ1) is 11.7. The van der Waals surface area contributed by atoms with Gasteiger partial charge in [-0.2, -0.15) is 0 Å². The van der Waals surface area contributed by atoms with Crippen LogP contribution in [-0.4, -0.2) is 40.1 Å². The van der Waals surface area contributed by atoms with E-state index in [1.165, 1.54) is 0 Å². The first-order valence-electron chi connectivity index (χ1n) is 6.55. The number of carbonyl (C=O) groups is 1. The summed E-state index contributed by atoms with van der Waals surface area (Å²) in [6.07, 6.45) is 3.36. The molecule has 18 heavy (non-hydrogen) atoms. The number of aliphatic hydroxyl groups excluding tert-OH is 1. The maximum atomic E-state index is 12.3. The van der Waals surface area contributed by atoms with Crippen LogP contribution < -0.4 is 0 Å². The van der Waals surface area contributed by atoms with E-state index in [2.05, 4.69) is 4.98 Å². The quantitative estimate of drug-likeness (QED) is 0.811. The molecule has 1 aromatic rings. The Morgan fingerprint density at radius 2 is 2.22 bits per heavy atom. The van der Waals surface area contributed by atoms with Crippen LogP contribution in [0.2, 0.25) is 0 Å². The van der Waals surface area contributed by atoms with Crippen LogP contribution in [0.4, 0.5) is 0 Å². The molecule has 4 heteroatoms. The maximum Gasteiger partial charge on any atom is 0.255 e. The van der Waals surface area contributed by atoms with Crippen molar-refractivity contribution in [3.63, 3.8) is 0 Å². The molecule has 1 saturated heterocycles. The molecular weight excluding hydrogens is 228 g/mol. The van der Waals surface area contributed by atoms with Gasteiger partial charge in [0.2, 0.25) is 0 Å². The van der Waals surface area contributed by atoms with E-state index in [9.17, 15) is 9.90 Å². The van der Waals surface area contributed by atoms with Gasteiger partial charge in [-0.05, 0) is 37.8 Å². The normalized spacial score (nSPS) is 30.6. The van der Waals surface area contributed by atoms with Crippen LogP contribution in [0, 0.1) is 18.8 Å². The molecule has 2 aliphatic rings. The van der Waals surface area contributed by atoms with E-state index in [-0.39, 0.29) is 17.9 Å². The molecule has 1 N–H and O–H groups in total. The zero-order chi connectivity index (χ0) is 12.7. The number of aromatic nitrogens is 1. The van der Waals surface area contributed by atoms with Crippen LogP contribution in [-0.2, 0) is 0 Å². The van der Waals surface area contributed by atoms with Crippen molar-refractivity contribution in [3.8, 4) is 0 Å². The Bertz CT molecular complexity index is 457. The second kappa shape index (κ2) is 4.35. The summed E-state index contributed by atoms with van der Waals surface area (Å²) in [6, 6.07) is 3.69. The minimum Gasteiger partial charge on any atom is -0.393 e. The highest BCUT2D eigenvalue weighted by atomic mass is 16.3. The van der Waals surface area contributed by atoms with Gasteiger partial charge in [-0.15, -0.1) is 0 Å². The van der Waals surface area contributed by atoms with Gasteiger partial charge >= 0.3 is 0 Å². The van der Waals surface area contributed by atoms with Crippen LogP contribution in [0.1, 0.15) is 28.9 Å². The summed E-state index contributed by atoms with van der Waals surface area (Å²) in [7, 11) is 0. The van der Waals surface area contributed by atoms with Gasteiger partial charge in [0.1, 0.15) is 0 Å². The van der Waals surface area contributed by atoms with E-state index in [1.807, 2.05) is 24.0 Å². The minimum atomic E-state index is -0.219. The monoisotopic (exact) mass is 246 g/mol. The molecule has 2 heterocycles. The fraction of sp³-hybridized carbons (Fsp3) is 0.571. The predicted octanol–water partition coefficient (Wildman–Crippen LogP) is 1.23. The number of hydrogen-bond donors (Lipinski definition) is 1. The van der Waals surface area contributed by atoms with Gasteiger partial charge in [-0.1, -0.05) is 0 Å². The maximum absolute atomic E-state index is 12.3. The Labute approximate surface area is 107 Å². The lowest BCUT2D eigenvalue weighted by atomic mass is 10.00. The molecule has 3 atom stereocenters. The van der Waals surface area contributed by atoms with Crippen molar-refractivity contribution in [2.24, 2.45) is 11.8 Å². The molecular formula is C14H18N2O2. The second-order valence-corrected chi connectivity index (χ2v) is 5.47. The number of rotatable bonds is 1. The van der Waals surface area contributed by atoms with Gasteiger partial charge in [-0.25, -0.2) is 0 Å². The van der Waals surface area contributed by atoms with Gasteiger partial charge in [0.05, 0.1) is 11.7 Å². The van der Waals surface area contributed by atoms with E-state index in [4.69, 9.17) is 0 Å². The van der Waals surface area contributed by atoms with E-state index in [0.29, 0.717) is 18.0 Å². The standard InChI is InChI=1S/C14H18N2O2/c1-9-2-3-10(6-15-9)14(18)16-7-11-4-5-13(17)12(11)8-16/h2-3,6,11-13,17H,4-5,7-8H2,1H3. The van der Waals surface area contributed by atoms with Gasteiger partial charge in [0, 0.05) is 30.9 Å². The predicted molar refractivity (Wildman–Crippen MR) is 67.1 cm³/mol. The summed E-state index contributed by atoms with van der Waals surface area (Å²) < 4.78 is 0. The van der Waals surface area contributed by atoms with Crippen LogP contribution >= 0.6 is 0 Å². The SMILES string of the molecule is Cc1ccc(C(=O)N2CC3CCC(O)C3C2)cn1. The minimum absolute atomic E-state index is 0.0455. The Kier molecular flexibility index (Phi) is 2.82. The van der Waals surface area contributed by atoms with Gasteiger partial charge < -0.3 is 10.0 Å². The molecule has 3 unspecified atom stereocenters. The zero-order valence-corrected chi connectivity index (χ0v) is 10.5. The summed E-state index contributed by atoms with van der Waals surface area (Å²) >= 11 is 0. The van der Waals surface area contributed by atoms with Crippen LogP contribution in [0.25, 0.3) is 0 Å². The zero-order valence-electron chi connectivity index (χ0n) is 10.5. The smallest absolute Gasteiger partial charge is 0.255 e. The molecule has 3 rings (SSSR count). The molecule has 0 bridgehead atoms. The summed E-state index contributed by atoms with van der Waals surface area (Å²) in [6.45, 7) is 3.39. The summed E-state index contributed by atoms with van der Waals surface area (Å²) in [4.78, 5) is 18.3. The number of hydrogen-bond acceptors (Lipinski definition) is 3. The first-order chi connectivity index (χ1) is 8.65. The van der Waals surface area contributed by atoms with Crippen LogP contribution in [0.15, 0.2) is 18.3 Å². The Morgan fingerprint density at radius 3 is 2.89 bits per heavy atom. The number of amides is 1. The van der Waals surface area contributed by atoms with Crippen molar-refractivity contribution in [2.75, 3.05) is 13.1 Å². The fourth-order valence-electron chi connectivity index (χ4n) is 3.18. The van der Waals surface area contributed by atoms with E-state index in [1.54, 1.807) is 6.20 Å². The molecule has 1 aromatic heterocycles. The Hall–Kier alpha value is -1.42. The molecule has 0 radical (unpaired) electrons. The molecule has 2 fully saturated rings. The van der Waals surface area contributed by atoms with Crippen molar-refractivity contribution in [2.45, 2.75) is 25.9 Å². The molecule has 1 saturated carbocycles. The number of fused-ring (bicyclic) bond motifs is 1. The Morgan fingerprint density at radius 1 is 1.39 bits per heavy atom. The number of likely N-dealkylation sites (tertiary alicyclic amines) is 1.